The van der Waals surface area contributed by atoms with E-state index in [1.807, 2.05) is 0 Å². The Morgan fingerprint density at radius 2 is 1.64 bits per heavy atom. The molecule has 9 nitrogen and oxygen atoms in total. The van der Waals surface area contributed by atoms with Crippen LogP contribution in [0.5, 0.6) is 5.75 Å². The zero-order chi connectivity index (χ0) is 25.8. The van der Waals surface area contributed by atoms with Gasteiger partial charge in [0.25, 0.3) is 11.8 Å². The van der Waals surface area contributed by atoms with E-state index in [0.717, 1.165) is 18.5 Å². The molecule has 36 heavy (non-hydrogen) atoms. The van der Waals surface area contributed by atoms with Gasteiger partial charge in [0.1, 0.15) is 17.2 Å². The Labute approximate surface area is 206 Å². The molecule has 4 rings (SSSR count). The zero-order valence-corrected chi connectivity index (χ0v) is 19.3. The molecule has 1 atom stereocenters. The van der Waals surface area contributed by atoms with Crippen LogP contribution in [0.15, 0.2) is 53.5 Å². The van der Waals surface area contributed by atoms with E-state index in [0.29, 0.717) is 18.7 Å². The average molecular weight is 498 g/mol. The molecule has 2 aliphatic rings. The van der Waals surface area contributed by atoms with Crippen LogP contribution in [-0.4, -0.2) is 48.8 Å². The SMILES string of the molecule is N=C(C(N)=O)C1CCN(c2ccc(N3CCCCC3=O)cc2)C(=O)C1=Nc1ccc(OC(F)F)cc1. The number of rotatable bonds is 7. The maximum atomic E-state index is 13.5. The number of halogens is 2. The maximum Gasteiger partial charge on any atom is 0.387 e. The number of benzene rings is 2. The number of hydrogen-bond donors (Lipinski definition) is 2. The van der Waals surface area contributed by atoms with Crippen LogP contribution in [0.25, 0.3) is 0 Å². The van der Waals surface area contributed by atoms with Crippen molar-refractivity contribution in [2.24, 2.45) is 16.6 Å². The van der Waals surface area contributed by atoms with Crippen molar-refractivity contribution in [2.45, 2.75) is 32.3 Å². The fourth-order valence-electron chi connectivity index (χ4n) is 4.34. The Kier molecular flexibility index (Phi) is 7.37. The molecule has 0 aromatic heterocycles. The standard InChI is InChI=1S/C25H25F2N5O4/c26-25(27)36-18-10-4-15(5-11-18)30-22-19(21(28)23(29)34)12-14-32(24(22)35)17-8-6-16(7-9-17)31-13-2-1-3-20(31)33/h4-11,19,25,28H,1-3,12-14H2,(H2,29,34). The van der Waals surface area contributed by atoms with Gasteiger partial charge in [0.2, 0.25) is 5.91 Å². The van der Waals surface area contributed by atoms with Gasteiger partial charge in [0, 0.05) is 30.9 Å². The zero-order valence-electron chi connectivity index (χ0n) is 19.3. The summed E-state index contributed by atoms with van der Waals surface area (Å²) in [6.07, 6.45) is 2.56. The van der Waals surface area contributed by atoms with Gasteiger partial charge in [-0.2, -0.15) is 8.78 Å². The van der Waals surface area contributed by atoms with E-state index in [4.69, 9.17) is 11.1 Å². The van der Waals surface area contributed by atoms with Crippen LogP contribution >= 0.6 is 0 Å². The highest BCUT2D eigenvalue weighted by Crippen LogP contribution is 2.29. The Bertz CT molecular complexity index is 1200. The van der Waals surface area contributed by atoms with Crippen molar-refractivity contribution in [2.75, 3.05) is 22.9 Å². The number of carbonyl (C=O) groups is 3. The van der Waals surface area contributed by atoms with Gasteiger partial charge in [-0.1, -0.05) is 0 Å². The van der Waals surface area contributed by atoms with Crippen molar-refractivity contribution in [3.05, 3.63) is 48.5 Å². The molecule has 2 saturated heterocycles. The quantitative estimate of drug-likeness (QED) is 0.568. The normalized spacial score (nSPS) is 19.6. The highest BCUT2D eigenvalue weighted by molar-refractivity contribution is 6.54. The molecule has 3 amide bonds. The third-order valence-electron chi connectivity index (χ3n) is 6.16. The highest BCUT2D eigenvalue weighted by Gasteiger charge is 2.37. The summed E-state index contributed by atoms with van der Waals surface area (Å²) in [6.45, 7) is -2.10. The Hall–Kier alpha value is -4.15. The second-order valence-electron chi connectivity index (χ2n) is 8.46. The molecule has 2 heterocycles. The molecule has 3 N–H and O–H groups in total. The number of primary amides is 1. The maximum absolute atomic E-state index is 13.5. The summed E-state index contributed by atoms with van der Waals surface area (Å²) >= 11 is 0. The number of amides is 3. The molecular weight excluding hydrogens is 472 g/mol. The van der Waals surface area contributed by atoms with Crippen molar-refractivity contribution in [1.29, 1.82) is 5.41 Å². The van der Waals surface area contributed by atoms with Crippen LogP contribution in [0.1, 0.15) is 25.7 Å². The molecule has 0 bridgehead atoms. The predicted molar refractivity (Wildman–Crippen MR) is 130 cm³/mol. The van der Waals surface area contributed by atoms with E-state index in [9.17, 15) is 23.2 Å². The summed E-state index contributed by atoms with van der Waals surface area (Å²) in [7, 11) is 0. The third-order valence-corrected chi connectivity index (χ3v) is 6.16. The van der Waals surface area contributed by atoms with Crippen LogP contribution in [0.3, 0.4) is 0 Å². The van der Waals surface area contributed by atoms with Gasteiger partial charge in [-0.25, -0.2) is 4.99 Å². The topological polar surface area (TPSA) is 129 Å². The number of piperidine rings is 2. The first-order valence-electron chi connectivity index (χ1n) is 11.5. The smallest absolute Gasteiger partial charge is 0.387 e. The molecule has 188 valence electrons. The van der Waals surface area contributed by atoms with Crippen LogP contribution in [-0.2, 0) is 14.4 Å². The van der Waals surface area contributed by atoms with Gasteiger partial charge in [-0.05, 0) is 67.8 Å². The van der Waals surface area contributed by atoms with Gasteiger partial charge < -0.3 is 20.3 Å². The summed E-state index contributed by atoms with van der Waals surface area (Å²) in [6, 6.07) is 12.4. The summed E-state index contributed by atoms with van der Waals surface area (Å²) < 4.78 is 29.2. The number of nitrogens with two attached hydrogens (primary N) is 1. The number of alkyl halides is 2. The minimum atomic E-state index is -2.98. The summed E-state index contributed by atoms with van der Waals surface area (Å²) in [5.74, 6) is -2.37. The van der Waals surface area contributed by atoms with Crippen molar-refractivity contribution < 1.29 is 27.9 Å². The number of ether oxygens (including phenoxy) is 1. The van der Waals surface area contributed by atoms with Crippen LogP contribution < -0.4 is 20.3 Å². The van der Waals surface area contributed by atoms with E-state index in [-0.39, 0.29) is 36.0 Å². The molecule has 2 fully saturated rings. The second kappa shape index (κ2) is 10.6. The Morgan fingerprint density at radius 3 is 2.22 bits per heavy atom. The van der Waals surface area contributed by atoms with Crippen LogP contribution in [0.4, 0.5) is 25.8 Å². The lowest BCUT2D eigenvalue weighted by molar-refractivity contribution is -0.119. The lowest BCUT2D eigenvalue weighted by atomic mass is 9.88. The molecule has 0 aliphatic carbocycles. The van der Waals surface area contributed by atoms with Crippen molar-refractivity contribution in [3.63, 3.8) is 0 Å². The lowest BCUT2D eigenvalue weighted by Crippen LogP contribution is -2.50. The van der Waals surface area contributed by atoms with Crippen molar-refractivity contribution in [3.8, 4) is 5.75 Å². The van der Waals surface area contributed by atoms with Crippen LogP contribution in [0.2, 0.25) is 0 Å². The first kappa shape index (κ1) is 25.0. The molecule has 0 saturated carbocycles. The van der Waals surface area contributed by atoms with Gasteiger partial charge in [-0.15, -0.1) is 0 Å². The number of anilines is 2. The minimum absolute atomic E-state index is 0.0529. The van der Waals surface area contributed by atoms with Crippen molar-refractivity contribution in [1.82, 2.24) is 0 Å². The molecule has 2 aromatic rings. The number of aliphatic imine (C=N–C) groups is 1. The van der Waals surface area contributed by atoms with E-state index in [1.54, 1.807) is 29.2 Å². The van der Waals surface area contributed by atoms with E-state index in [1.165, 1.54) is 29.2 Å². The number of nitrogens with one attached hydrogen (secondary N) is 1. The molecule has 2 aliphatic heterocycles. The predicted octanol–water partition coefficient (Wildman–Crippen LogP) is 3.44. The second-order valence-corrected chi connectivity index (χ2v) is 8.46. The molecule has 1 unspecified atom stereocenters. The van der Waals surface area contributed by atoms with Gasteiger partial charge >= 0.3 is 6.61 Å². The van der Waals surface area contributed by atoms with E-state index < -0.39 is 30.1 Å². The van der Waals surface area contributed by atoms with Gasteiger partial charge in [0.15, 0.2) is 0 Å². The molecule has 11 heteroatoms. The number of hydrogen-bond acceptors (Lipinski definition) is 6. The highest BCUT2D eigenvalue weighted by atomic mass is 19.3. The lowest BCUT2D eigenvalue weighted by Gasteiger charge is -2.33. The molecule has 0 spiro atoms. The Morgan fingerprint density at radius 1 is 1.00 bits per heavy atom. The largest absolute Gasteiger partial charge is 0.435 e. The monoisotopic (exact) mass is 497 g/mol. The minimum Gasteiger partial charge on any atom is -0.435 e. The van der Waals surface area contributed by atoms with E-state index >= 15 is 0 Å². The molecule has 2 aromatic carbocycles. The van der Waals surface area contributed by atoms with Crippen molar-refractivity contribution >= 4 is 46.2 Å². The summed E-state index contributed by atoms with van der Waals surface area (Å²) in [5.41, 5.74) is 6.42. The van der Waals surface area contributed by atoms with Crippen LogP contribution in [0, 0.1) is 11.3 Å². The van der Waals surface area contributed by atoms with E-state index in [2.05, 4.69) is 9.73 Å². The van der Waals surface area contributed by atoms with Gasteiger partial charge in [0.05, 0.1) is 11.6 Å². The first-order valence-corrected chi connectivity index (χ1v) is 11.5. The number of carbonyl (C=O) groups excluding carboxylic acids is 3. The summed E-state index contributed by atoms with van der Waals surface area (Å²) in [4.78, 5) is 45.0. The molecular formula is C25H25F2N5O4. The fourth-order valence-corrected chi connectivity index (χ4v) is 4.34. The van der Waals surface area contributed by atoms with Gasteiger partial charge in [-0.3, -0.25) is 19.8 Å². The third kappa shape index (κ3) is 5.40. The first-order chi connectivity index (χ1) is 17.2. The Balaban J connectivity index is 1.61. The fraction of sp³-hybridized carbons (Fsp3) is 0.320. The number of nitrogens with zero attached hydrogens (tertiary/aromatic N) is 3. The summed E-state index contributed by atoms with van der Waals surface area (Å²) in [5, 5.41) is 8.10. The molecule has 0 radical (unpaired) electrons. The average Bonchev–Trinajstić information content (AvgIpc) is 2.86.